The molecule has 102 valence electrons. The average Bonchev–Trinajstić information content (AvgIpc) is 3.03. The Bertz CT molecular complexity index is 574. The number of nitrogens with zero attached hydrogens (tertiary/aromatic N) is 2. The van der Waals surface area contributed by atoms with Gasteiger partial charge in [0.1, 0.15) is 5.82 Å². The maximum absolute atomic E-state index is 12.0. The minimum absolute atomic E-state index is 0.132. The van der Waals surface area contributed by atoms with Gasteiger partial charge in [-0.3, -0.25) is 4.79 Å². The number of nitrogens with one attached hydrogen (secondary N) is 1. The molecule has 2 aromatic rings. The molecule has 1 aliphatic rings. The summed E-state index contributed by atoms with van der Waals surface area (Å²) in [5.41, 5.74) is 1.76. The third kappa shape index (κ3) is 2.79. The van der Waals surface area contributed by atoms with Crippen molar-refractivity contribution in [1.29, 1.82) is 0 Å². The van der Waals surface area contributed by atoms with Gasteiger partial charge in [-0.2, -0.15) is 0 Å². The van der Waals surface area contributed by atoms with Crippen LogP contribution in [-0.2, 0) is 0 Å². The maximum atomic E-state index is 12.0. The molecule has 4 heteroatoms. The van der Waals surface area contributed by atoms with Crippen LogP contribution in [0.4, 0.5) is 11.5 Å². The molecule has 0 atom stereocenters. The van der Waals surface area contributed by atoms with Crippen LogP contribution in [0, 0.1) is 0 Å². The van der Waals surface area contributed by atoms with E-state index in [1.807, 2.05) is 36.5 Å². The highest BCUT2D eigenvalue weighted by Gasteiger charge is 2.12. The van der Waals surface area contributed by atoms with Gasteiger partial charge in [0.2, 0.25) is 0 Å². The molecule has 1 amide bonds. The van der Waals surface area contributed by atoms with Crippen molar-refractivity contribution in [3.63, 3.8) is 0 Å². The highest BCUT2D eigenvalue weighted by Crippen LogP contribution is 2.20. The highest BCUT2D eigenvalue weighted by atomic mass is 16.1. The van der Waals surface area contributed by atoms with E-state index in [2.05, 4.69) is 15.2 Å². The Morgan fingerprint density at radius 1 is 1.05 bits per heavy atom. The fourth-order valence-electron chi connectivity index (χ4n) is 2.40. The van der Waals surface area contributed by atoms with Crippen LogP contribution in [-0.4, -0.2) is 24.0 Å². The van der Waals surface area contributed by atoms with E-state index in [9.17, 15) is 4.79 Å². The molecule has 0 spiro atoms. The van der Waals surface area contributed by atoms with E-state index < -0.39 is 0 Å². The predicted octanol–water partition coefficient (Wildman–Crippen LogP) is 2.93. The normalized spacial score (nSPS) is 14.3. The van der Waals surface area contributed by atoms with Gasteiger partial charge >= 0.3 is 0 Å². The lowest BCUT2D eigenvalue weighted by Gasteiger charge is -2.17. The summed E-state index contributed by atoms with van der Waals surface area (Å²) < 4.78 is 0. The highest BCUT2D eigenvalue weighted by molar-refractivity contribution is 6.03. The molecular weight excluding hydrogens is 250 g/mol. The molecule has 1 aromatic heterocycles. The molecule has 0 aliphatic carbocycles. The third-order valence-electron chi connectivity index (χ3n) is 3.50. The number of pyridine rings is 1. The van der Waals surface area contributed by atoms with Gasteiger partial charge in [-0.15, -0.1) is 0 Å². The fourth-order valence-corrected chi connectivity index (χ4v) is 2.40. The van der Waals surface area contributed by atoms with Crippen molar-refractivity contribution in [3.8, 4) is 0 Å². The van der Waals surface area contributed by atoms with Crippen LogP contribution in [0.5, 0.6) is 0 Å². The number of carbonyl (C=O) groups is 1. The Balaban J connectivity index is 1.67. The summed E-state index contributed by atoms with van der Waals surface area (Å²) in [5, 5.41) is 2.81. The summed E-state index contributed by atoms with van der Waals surface area (Å²) in [6.07, 6.45) is 4.31. The van der Waals surface area contributed by atoms with E-state index in [0.29, 0.717) is 11.4 Å². The Hall–Kier alpha value is -2.36. The van der Waals surface area contributed by atoms with Crippen LogP contribution >= 0.6 is 0 Å². The second kappa shape index (κ2) is 5.74. The van der Waals surface area contributed by atoms with Crippen LogP contribution in [0.15, 0.2) is 48.7 Å². The molecule has 1 saturated heterocycles. The number of aromatic nitrogens is 1. The monoisotopic (exact) mass is 267 g/mol. The SMILES string of the molecule is O=C(Nc1ccc(N2CCCC2)cn1)c1ccccc1. The van der Waals surface area contributed by atoms with Gasteiger partial charge in [-0.1, -0.05) is 18.2 Å². The quantitative estimate of drug-likeness (QED) is 0.930. The lowest BCUT2D eigenvalue weighted by molar-refractivity contribution is 0.102. The summed E-state index contributed by atoms with van der Waals surface area (Å²) in [5.74, 6) is 0.453. The van der Waals surface area contributed by atoms with Crippen molar-refractivity contribution >= 4 is 17.4 Å². The van der Waals surface area contributed by atoms with E-state index in [0.717, 1.165) is 18.8 Å². The van der Waals surface area contributed by atoms with Gasteiger partial charge in [-0.25, -0.2) is 4.98 Å². The molecule has 0 bridgehead atoms. The van der Waals surface area contributed by atoms with Crippen molar-refractivity contribution in [3.05, 3.63) is 54.2 Å². The second-order valence-corrected chi connectivity index (χ2v) is 4.92. The van der Waals surface area contributed by atoms with Crippen molar-refractivity contribution in [2.24, 2.45) is 0 Å². The Kier molecular flexibility index (Phi) is 3.63. The average molecular weight is 267 g/mol. The molecule has 0 unspecified atom stereocenters. The minimum atomic E-state index is -0.132. The van der Waals surface area contributed by atoms with Crippen LogP contribution < -0.4 is 10.2 Å². The number of hydrogen-bond acceptors (Lipinski definition) is 3. The van der Waals surface area contributed by atoms with Crippen LogP contribution in [0.3, 0.4) is 0 Å². The van der Waals surface area contributed by atoms with Crippen molar-refractivity contribution in [2.45, 2.75) is 12.8 Å². The molecule has 1 aromatic carbocycles. The zero-order valence-corrected chi connectivity index (χ0v) is 11.2. The van der Waals surface area contributed by atoms with Gasteiger partial charge in [-0.05, 0) is 37.1 Å². The maximum Gasteiger partial charge on any atom is 0.256 e. The molecule has 20 heavy (non-hydrogen) atoms. The van der Waals surface area contributed by atoms with E-state index in [-0.39, 0.29) is 5.91 Å². The molecule has 1 fully saturated rings. The number of carbonyl (C=O) groups excluding carboxylic acids is 1. The zero-order valence-electron chi connectivity index (χ0n) is 11.2. The minimum Gasteiger partial charge on any atom is -0.370 e. The fraction of sp³-hybridized carbons (Fsp3) is 0.250. The predicted molar refractivity (Wildman–Crippen MR) is 80.1 cm³/mol. The summed E-state index contributed by atoms with van der Waals surface area (Å²) in [6, 6.07) is 13.0. The standard InChI is InChI=1S/C16H17N3O/c20-16(13-6-2-1-3-7-13)18-15-9-8-14(12-17-15)19-10-4-5-11-19/h1-3,6-9,12H,4-5,10-11H2,(H,17,18,20). The lowest BCUT2D eigenvalue weighted by Crippen LogP contribution is -2.18. The second-order valence-electron chi connectivity index (χ2n) is 4.92. The molecule has 2 heterocycles. The summed E-state index contributed by atoms with van der Waals surface area (Å²) in [6.45, 7) is 2.19. The largest absolute Gasteiger partial charge is 0.370 e. The van der Waals surface area contributed by atoms with Crippen molar-refractivity contribution < 1.29 is 4.79 Å². The number of hydrogen-bond donors (Lipinski definition) is 1. The topological polar surface area (TPSA) is 45.2 Å². The first kappa shape index (κ1) is 12.7. The zero-order chi connectivity index (χ0) is 13.8. The number of benzene rings is 1. The smallest absolute Gasteiger partial charge is 0.256 e. The first-order valence-electron chi connectivity index (χ1n) is 6.90. The molecule has 1 aliphatic heterocycles. The molecule has 4 nitrogen and oxygen atoms in total. The number of rotatable bonds is 3. The van der Waals surface area contributed by atoms with Gasteiger partial charge in [0.25, 0.3) is 5.91 Å². The Morgan fingerprint density at radius 2 is 1.80 bits per heavy atom. The third-order valence-corrected chi connectivity index (χ3v) is 3.50. The van der Waals surface area contributed by atoms with Crippen molar-refractivity contribution in [1.82, 2.24) is 4.98 Å². The van der Waals surface area contributed by atoms with E-state index in [1.54, 1.807) is 12.1 Å². The number of anilines is 2. The number of amides is 1. The first-order valence-corrected chi connectivity index (χ1v) is 6.90. The van der Waals surface area contributed by atoms with E-state index >= 15 is 0 Å². The van der Waals surface area contributed by atoms with Gasteiger partial charge in [0.05, 0.1) is 11.9 Å². The summed E-state index contributed by atoms with van der Waals surface area (Å²) >= 11 is 0. The van der Waals surface area contributed by atoms with Crippen LogP contribution in [0.1, 0.15) is 23.2 Å². The van der Waals surface area contributed by atoms with Crippen LogP contribution in [0.2, 0.25) is 0 Å². The Labute approximate surface area is 118 Å². The molecule has 0 radical (unpaired) electrons. The van der Waals surface area contributed by atoms with Crippen molar-refractivity contribution in [2.75, 3.05) is 23.3 Å². The Morgan fingerprint density at radius 3 is 2.45 bits per heavy atom. The molecular formula is C16H17N3O. The van der Waals surface area contributed by atoms with E-state index in [4.69, 9.17) is 0 Å². The van der Waals surface area contributed by atoms with E-state index in [1.165, 1.54) is 12.8 Å². The van der Waals surface area contributed by atoms with Gasteiger partial charge in [0, 0.05) is 18.7 Å². The summed E-state index contributed by atoms with van der Waals surface area (Å²) in [7, 11) is 0. The lowest BCUT2D eigenvalue weighted by atomic mass is 10.2. The molecule has 0 saturated carbocycles. The molecule has 3 rings (SSSR count). The summed E-state index contributed by atoms with van der Waals surface area (Å²) in [4.78, 5) is 18.6. The first-order chi connectivity index (χ1) is 9.83. The van der Waals surface area contributed by atoms with Gasteiger partial charge < -0.3 is 10.2 Å². The van der Waals surface area contributed by atoms with Gasteiger partial charge in [0.15, 0.2) is 0 Å². The van der Waals surface area contributed by atoms with Crippen LogP contribution in [0.25, 0.3) is 0 Å². The molecule has 1 N–H and O–H groups in total.